The van der Waals surface area contributed by atoms with Gasteiger partial charge in [0.05, 0.1) is 5.69 Å². The van der Waals surface area contributed by atoms with Gasteiger partial charge < -0.3 is 4.90 Å². The third-order valence-corrected chi connectivity index (χ3v) is 4.21. The quantitative estimate of drug-likeness (QED) is 0.849. The predicted molar refractivity (Wildman–Crippen MR) is 81.7 cm³/mol. The topological polar surface area (TPSA) is 34.0 Å². The van der Waals surface area contributed by atoms with Crippen molar-refractivity contribution in [1.29, 1.82) is 0 Å². The number of hydrogen-bond donors (Lipinski definition) is 0. The molecular weight excluding hydrogens is 272 g/mol. The van der Waals surface area contributed by atoms with Gasteiger partial charge in [0.25, 0.3) is 0 Å². The van der Waals surface area contributed by atoms with Crippen LogP contribution in [0.25, 0.3) is 5.69 Å². The van der Waals surface area contributed by atoms with E-state index in [0.717, 1.165) is 41.5 Å². The summed E-state index contributed by atoms with van der Waals surface area (Å²) in [6.45, 7) is 6.39. The van der Waals surface area contributed by atoms with Gasteiger partial charge in [0.15, 0.2) is 0 Å². The highest BCUT2D eigenvalue weighted by atomic mass is 35.5. The fraction of sp³-hybridized carbons (Fsp3) is 0.467. The number of aryl methyl sites for hydroxylation is 1. The Morgan fingerprint density at radius 2 is 1.75 bits per heavy atom. The lowest BCUT2D eigenvalue weighted by Crippen LogP contribution is -2.34. The molecule has 20 heavy (non-hydrogen) atoms. The molecule has 0 atom stereocenters. The Morgan fingerprint density at radius 1 is 1.10 bits per heavy atom. The molecule has 106 valence electrons. The zero-order chi connectivity index (χ0) is 14.1. The average molecular weight is 291 g/mol. The van der Waals surface area contributed by atoms with Crippen LogP contribution in [0.2, 0.25) is 5.02 Å². The molecule has 4 nitrogen and oxygen atoms in total. The summed E-state index contributed by atoms with van der Waals surface area (Å²) in [4.78, 5) is 2.33. The second kappa shape index (κ2) is 5.44. The van der Waals surface area contributed by atoms with E-state index in [1.165, 1.54) is 12.8 Å². The molecule has 0 bridgehead atoms. The Bertz CT molecular complexity index is 582. The van der Waals surface area contributed by atoms with Crippen LogP contribution in [0.4, 0.5) is 5.95 Å². The predicted octanol–water partition coefficient (Wildman–Crippen LogP) is 3.47. The Hall–Kier alpha value is -1.55. The van der Waals surface area contributed by atoms with Crippen molar-refractivity contribution < 1.29 is 0 Å². The van der Waals surface area contributed by atoms with E-state index in [4.69, 9.17) is 11.6 Å². The van der Waals surface area contributed by atoms with Crippen LogP contribution in [0.15, 0.2) is 24.3 Å². The van der Waals surface area contributed by atoms with Crippen LogP contribution < -0.4 is 4.90 Å². The van der Waals surface area contributed by atoms with E-state index in [9.17, 15) is 0 Å². The number of rotatable bonds is 2. The average Bonchev–Trinajstić information content (AvgIpc) is 2.83. The van der Waals surface area contributed by atoms with E-state index in [-0.39, 0.29) is 0 Å². The summed E-state index contributed by atoms with van der Waals surface area (Å²) >= 11 is 5.97. The fourth-order valence-corrected chi connectivity index (χ4v) is 2.78. The molecular formula is C15H19ClN4. The van der Waals surface area contributed by atoms with E-state index in [1.807, 2.05) is 31.2 Å². The maximum atomic E-state index is 5.97. The highest BCUT2D eigenvalue weighted by Gasteiger charge is 2.22. The molecule has 0 spiro atoms. The molecule has 0 amide bonds. The van der Waals surface area contributed by atoms with E-state index in [0.29, 0.717) is 0 Å². The Balaban J connectivity index is 1.95. The van der Waals surface area contributed by atoms with Gasteiger partial charge in [-0.05, 0) is 49.9 Å². The normalized spacial score (nSPS) is 16.6. The number of halogens is 1. The van der Waals surface area contributed by atoms with Crippen LogP contribution in [-0.2, 0) is 0 Å². The molecule has 0 unspecified atom stereocenters. The van der Waals surface area contributed by atoms with Crippen LogP contribution in [0.1, 0.15) is 25.6 Å². The fourth-order valence-electron chi connectivity index (χ4n) is 2.66. The lowest BCUT2D eigenvalue weighted by atomic mass is 10.00. The monoisotopic (exact) mass is 290 g/mol. The van der Waals surface area contributed by atoms with Gasteiger partial charge in [0.1, 0.15) is 5.82 Å². The van der Waals surface area contributed by atoms with E-state index >= 15 is 0 Å². The van der Waals surface area contributed by atoms with Gasteiger partial charge in [-0.2, -0.15) is 0 Å². The minimum absolute atomic E-state index is 0.743. The molecule has 2 heterocycles. The molecule has 1 aromatic heterocycles. The molecule has 0 N–H and O–H groups in total. The SMILES string of the molecule is Cc1nnc(N2CCC(C)CC2)n1-c1ccc(Cl)cc1. The summed E-state index contributed by atoms with van der Waals surface area (Å²) in [7, 11) is 0. The summed E-state index contributed by atoms with van der Waals surface area (Å²) in [6, 6.07) is 7.82. The molecule has 1 aromatic carbocycles. The number of benzene rings is 1. The van der Waals surface area contributed by atoms with Gasteiger partial charge >= 0.3 is 0 Å². The second-order valence-corrected chi connectivity index (χ2v) is 5.97. The standard InChI is InChI=1S/C15H19ClN4/c1-11-7-9-19(10-8-11)15-18-17-12(2)20(15)14-5-3-13(16)4-6-14/h3-6,11H,7-10H2,1-2H3. The molecule has 0 aliphatic carbocycles. The van der Waals surface area contributed by atoms with Crippen molar-refractivity contribution >= 4 is 17.5 Å². The van der Waals surface area contributed by atoms with Gasteiger partial charge in [-0.3, -0.25) is 4.57 Å². The summed E-state index contributed by atoms with van der Waals surface area (Å²) in [5.41, 5.74) is 1.06. The minimum atomic E-state index is 0.743. The van der Waals surface area contributed by atoms with Crippen LogP contribution in [0, 0.1) is 12.8 Å². The molecule has 0 radical (unpaired) electrons. The summed E-state index contributed by atoms with van der Waals surface area (Å²) in [5, 5.41) is 9.36. The first-order chi connectivity index (χ1) is 9.65. The third-order valence-electron chi connectivity index (χ3n) is 3.96. The minimum Gasteiger partial charge on any atom is -0.341 e. The largest absolute Gasteiger partial charge is 0.341 e. The van der Waals surface area contributed by atoms with Crippen molar-refractivity contribution in [2.75, 3.05) is 18.0 Å². The van der Waals surface area contributed by atoms with Crippen molar-refractivity contribution in [2.24, 2.45) is 5.92 Å². The molecule has 3 rings (SSSR count). The van der Waals surface area contributed by atoms with Gasteiger partial charge in [-0.1, -0.05) is 18.5 Å². The van der Waals surface area contributed by atoms with Crippen molar-refractivity contribution in [3.63, 3.8) is 0 Å². The number of piperidine rings is 1. The van der Waals surface area contributed by atoms with Crippen molar-refractivity contribution in [3.05, 3.63) is 35.1 Å². The summed E-state index contributed by atoms with van der Waals surface area (Å²) in [5.74, 6) is 2.65. The van der Waals surface area contributed by atoms with E-state index in [2.05, 4.69) is 26.6 Å². The highest BCUT2D eigenvalue weighted by Crippen LogP contribution is 2.25. The van der Waals surface area contributed by atoms with Gasteiger partial charge in [0.2, 0.25) is 5.95 Å². The number of hydrogen-bond acceptors (Lipinski definition) is 3. The third kappa shape index (κ3) is 2.52. The zero-order valence-corrected chi connectivity index (χ0v) is 12.6. The molecule has 0 saturated carbocycles. The van der Waals surface area contributed by atoms with Gasteiger partial charge in [0, 0.05) is 18.1 Å². The highest BCUT2D eigenvalue weighted by molar-refractivity contribution is 6.30. The number of aromatic nitrogens is 3. The number of nitrogens with zero attached hydrogens (tertiary/aromatic N) is 4. The lowest BCUT2D eigenvalue weighted by Gasteiger charge is -2.31. The van der Waals surface area contributed by atoms with E-state index < -0.39 is 0 Å². The molecule has 1 saturated heterocycles. The van der Waals surface area contributed by atoms with Crippen LogP contribution >= 0.6 is 11.6 Å². The van der Waals surface area contributed by atoms with Crippen LogP contribution in [0.5, 0.6) is 0 Å². The molecule has 1 aliphatic heterocycles. The van der Waals surface area contributed by atoms with Gasteiger partial charge in [-0.15, -0.1) is 10.2 Å². The number of anilines is 1. The smallest absolute Gasteiger partial charge is 0.231 e. The van der Waals surface area contributed by atoms with Crippen molar-refractivity contribution in [2.45, 2.75) is 26.7 Å². The maximum absolute atomic E-state index is 5.97. The molecule has 1 fully saturated rings. The Morgan fingerprint density at radius 3 is 2.40 bits per heavy atom. The first-order valence-corrected chi connectivity index (χ1v) is 7.46. The Kier molecular flexibility index (Phi) is 3.66. The Labute approximate surface area is 124 Å². The maximum Gasteiger partial charge on any atom is 0.231 e. The molecule has 1 aliphatic rings. The molecule has 2 aromatic rings. The lowest BCUT2D eigenvalue weighted by molar-refractivity contribution is 0.433. The summed E-state index contributed by atoms with van der Waals surface area (Å²) < 4.78 is 2.10. The first-order valence-electron chi connectivity index (χ1n) is 7.08. The van der Waals surface area contributed by atoms with Crippen LogP contribution in [-0.4, -0.2) is 27.9 Å². The van der Waals surface area contributed by atoms with Crippen molar-refractivity contribution in [3.8, 4) is 5.69 Å². The second-order valence-electron chi connectivity index (χ2n) is 5.53. The van der Waals surface area contributed by atoms with Crippen molar-refractivity contribution in [1.82, 2.24) is 14.8 Å². The summed E-state index contributed by atoms with van der Waals surface area (Å²) in [6.07, 6.45) is 2.43. The first kappa shape index (κ1) is 13.4. The zero-order valence-electron chi connectivity index (χ0n) is 11.9. The molecule has 5 heteroatoms. The van der Waals surface area contributed by atoms with E-state index in [1.54, 1.807) is 0 Å². The van der Waals surface area contributed by atoms with Gasteiger partial charge in [-0.25, -0.2) is 0 Å². The van der Waals surface area contributed by atoms with Crippen LogP contribution in [0.3, 0.4) is 0 Å².